The quantitative estimate of drug-likeness (QED) is 0.826. The molecule has 0 bridgehead atoms. The van der Waals surface area contributed by atoms with Crippen LogP contribution in [0.5, 0.6) is 11.5 Å². The lowest BCUT2D eigenvalue weighted by atomic mass is 10.2. The first-order valence-corrected chi connectivity index (χ1v) is 5.95. The maximum absolute atomic E-state index is 12.1. The van der Waals surface area contributed by atoms with Crippen molar-refractivity contribution in [2.75, 3.05) is 7.11 Å². The van der Waals surface area contributed by atoms with Crippen LogP contribution in [0.25, 0.3) is 0 Å². The summed E-state index contributed by atoms with van der Waals surface area (Å²) in [6.07, 6.45) is 2.65. The molecule has 1 aromatic rings. The summed E-state index contributed by atoms with van der Waals surface area (Å²) in [4.78, 5) is 17.7. The standard InChI is InChI=1S/C13H20N2O3/c1-9(2)15(10(3)4)13(16)18-12-8-14-7-6-11(12)17-5/h6-10H,1-5H3. The van der Waals surface area contributed by atoms with Crippen LogP contribution in [0.3, 0.4) is 0 Å². The molecule has 1 aromatic heterocycles. The van der Waals surface area contributed by atoms with Gasteiger partial charge in [0.05, 0.1) is 13.3 Å². The van der Waals surface area contributed by atoms with Crippen LogP contribution in [-0.4, -0.2) is 35.2 Å². The number of amides is 1. The van der Waals surface area contributed by atoms with Crippen molar-refractivity contribution in [3.8, 4) is 11.5 Å². The Morgan fingerprint density at radius 2 is 1.83 bits per heavy atom. The fraction of sp³-hybridized carbons (Fsp3) is 0.538. The Bertz CT molecular complexity index is 397. The predicted molar refractivity (Wildman–Crippen MR) is 68.9 cm³/mol. The van der Waals surface area contributed by atoms with Gasteiger partial charge >= 0.3 is 6.09 Å². The van der Waals surface area contributed by atoms with Gasteiger partial charge in [0, 0.05) is 24.3 Å². The van der Waals surface area contributed by atoms with Crippen LogP contribution in [0.1, 0.15) is 27.7 Å². The third-order valence-electron chi connectivity index (χ3n) is 2.49. The lowest BCUT2D eigenvalue weighted by Gasteiger charge is -2.29. The van der Waals surface area contributed by atoms with Gasteiger partial charge in [0.25, 0.3) is 0 Å². The second kappa shape index (κ2) is 6.23. The monoisotopic (exact) mass is 252 g/mol. The van der Waals surface area contributed by atoms with Crippen molar-refractivity contribution < 1.29 is 14.3 Å². The largest absolute Gasteiger partial charge is 0.493 e. The van der Waals surface area contributed by atoms with Crippen LogP contribution in [-0.2, 0) is 0 Å². The van der Waals surface area contributed by atoms with Gasteiger partial charge in [-0.05, 0) is 27.7 Å². The Morgan fingerprint density at radius 1 is 1.22 bits per heavy atom. The van der Waals surface area contributed by atoms with E-state index < -0.39 is 6.09 Å². The van der Waals surface area contributed by atoms with Gasteiger partial charge in [-0.3, -0.25) is 4.98 Å². The van der Waals surface area contributed by atoms with Gasteiger partial charge in [-0.25, -0.2) is 4.79 Å². The molecule has 0 saturated carbocycles. The molecule has 0 aliphatic rings. The van der Waals surface area contributed by atoms with Crippen LogP contribution >= 0.6 is 0 Å². The summed E-state index contributed by atoms with van der Waals surface area (Å²) >= 11 is 0. The van der Waals surface area contributed by atoms with Gasteiger partial charge in [-0.2, -0.15) is 0 Å². The number of hydrogen-bond acceptors (Lipinski definition) is 4. The molecule has 5 heteroatoms. The number of ether oxygens (including phenoxy) is 2. The molecule has 1 rings (SSSR count). The van der Waals surface area contributed by atoms with E-state index in [0.717, 1.165) is 0 Å². The molecule has 5 nitrogen and oxygen atoms in total. The third kappa shape index (κ3) is 3.35. The highest BCUT2D eigenvalue weighted by Gasteiger charge is 2.23. The van der Waals surface area contributed by atoms with Gasteiger partial charge in [0.1, 0.15) is 0 Å². The highest BCUT2D eigenvalue weighted by Crippen LogP contribution is 2.25. The van der Waals surface area contributed by atoms with E-state index in [1.165, 1.54) is 13.3 Å². The highest BCUT2D eigenvalue weighted by molar-refractivity contribution is 5.72. The number of methoxy groups -OCH3 is 1. The molecule has 0 N–H and O–H groups in total. The fourth-order valence-corrected chi connectivity index (χ4v) is 1.78. The van der Waals surface area contributed by atoms with Crippen LogP contribution in [0.4, 0.5) is 4.79 Å². The first-order valence-electron chi connectivity index (χ1n) is 5.95. The molecule has 0 fully saturated rings. The van der Waals surface area contributed by atoms with Crippen molar-refractivity contribution in [1.82, 2.24) is 9.88 Å². The molecule has 1 amide bonds. The van der Waals surface area contributed by atoms with Gasteiger partial charge in [-0.1, -0.05) is 0 Å². The SMILES string of the molecule is COc1ccncc1OC(=O)N(C(C)C)C(C)C. The van der Waals surface area contributed by atoms with Crippen LogP contribution in [0.2, 0.25) is 0 Å². The number of hydrogen-bond donors (Lipinski definition) is 0. The lowest BCUT2D eigenvalue weighted by Crippen LogP contribution is -2.43. The fourth-order valence-electron chi connectivity index (χ4n) is 1.78. The lowest BCUT2D eigenvalue weighted by molar-refractivity contribution is 0.121. The summed E-state index contributed by atoms with van der Waals surface area (Å²) in [6.45, 7) is 7.78. The highest BCUT2D eigenvalue weighted by atomic mass is 16.6. The zero-order valence-electron chi connectivity index (χ0n) is 11.5. The molecular formula is C13H20N2O3. The minimum atomic E-state index is -0.397. The van der Waals surface area contributed by atoms with Gasteiger partial charge in [0.2, 0.25) is 0 Å². The summed E-state index contributed by atoms with van der Waals surface area (Å²) in [5.41, 5.74) is 0. The van der Waals surface area contributed by atoms with E-state index in [4.69, 9.17) is 9.47 Å². The van der Waals surface area contributed by atoms with Crippen molar-refractivity contribution in [3.05, 3.63) is 18.5 Å². The van der Waals surface area contributed by atoms with Crippen molar-refractivity contribution in [2.24, 2.45) is 0 Å². The normalized spacial score (nSPS) is 10.6. The van der Waals surface area contributed by atoms with Crippen LogP contribution in [0, 0.1) is 0 Å². The van der Waals surface area contributed by atoms with Crippen molar-refractivity contribution in [3.63, 3.8) is 0 Å². The summed E-state index contributed by atoms with van der Waals surface area (Å²) in [6, 6.07) is 1.79. The third-order valence-corrected chi connectivity index (χ3v) is 2.49. The van der Waals surface area contributed by atoms with E-state index in [-0.39, 0.29) is 12.1 Å². The number of carbonyl (C=O) groups is 1. The van der Waals surface area contributed by atoms with E-state index in [1.807, 2.05) is 27.7 Å². The molecule has 0 aliphatic heterocycles. The summed E-state index contributed by atoms with van der Waals surface area (Å²) < 4.78 is 10.4. The molecule has 0 spiro atoms. The molecule has 1 heterocycles. The van der Waals surface area contributed by atoms with E-state index in [2.05, 4.69) is 4.98 Å². The molecule has 100 valence electrons. The number of carbonyl (C=O) groups excluding carboxylic acids is 1. The maximum atomic E-state index is 12.1. The predicted octanol–water partition coefficient (Wildman–Crippen LogP) is 2.71. The second-order valence-electron chi connectivity index (χ2n) is 4.49. The maximum Gasteiger partial charge on any atom is 0.415 e. The summed E-state index contributed by atoms with van der Waals surface area (Å²) in [5.74, 6) is 0.821. The second-order valence-corrected chi connectivity index (χ2v) is 4.49. The van der Waals surface area contributed by atoms with E-state index in [0.29, 0.717) is 11.5 Å². The molecule has 0 unspecified atom stereocenters. The van der Waals surface area contributed by atoms with E-state index in [9.17, 15) is 4.79 Å². The Kier molecular flexibility index (Phi) is 4.95. The minimum absolute atomic E-state index is 0.0696. The molecule has 0 aliphatic carbocycles. The van der Waals surface area contributed by atoms with Gasteiger partial charge in [-0.15, -0.1) is 0 Å². The van der Waals surface area contributed by atoms with Crippen LogP contribution < -0.4 is 9.47 Å². The molecule has 0 saturated heterocycles. The molecule has 0 atom stereocenters. The summed E-state index contributed by atoms with van der Waals surface area (Å²) in [7, 11) is 1.52. The zero-order chi connectivity index (χ0) is 13.7. The van der Waals surface area contributed by atoms with E-state index >= 15 is 0 Å². The molecule has 0 aromatic carbocycles. The Balaban J connectivity index is 2.86. The van der Waals surface area contributed by atoms with Crippen LogP contribution in [0.15, 0.2) is 18.5 Å². The summed E-state index contributed by atoms with van der Waals surface area (Å²) in [5, 5.41) is 0. The Labute approximate surface area is 108 Å². The smallest absolute Gasteiger partial charge is 0.415 e. The Hall–Kier alpha value is -1.78. The number of aromatic nitrogens is 1. The van der Waals surface area contributed by atoms with Crippen molar-refractivity contribution in [2.45, 2.75) is 39.8 Å². The van der Waals surface area contributed by atoms with Gasteiger partial charge < -0.3 is 14.4 Å². The molecular weight excluding hydrogens is 232 g/mol. The van der Waals surface area contributed by atoms with E-state index in [1.54, 1.807) is 17.2 Å². The van der Waals surface area contributed by atoms with Crippen molar-refractivity contribution in [1.29, 1.82) is 0 Å². The zero-order valence-corrected chi connectivity index (χ0v) is 11.5. The average molecular weight is 252 g/mol. The van der Waals surface area contributed by atoms with Gasteiger partial charge in [0.15, 0.2) is 11.5 Å². The first-order chi connectivity index (χ1) is 8.47. The number of rotatable bonds is 4. The van der Waals surface area contributed by atoms with Crippen molar-refractivity contribution >= 4 is 6.09 Å². The number of nitrogens with zero attached hydrogens (tertiary/aromatic N) is 2. The topological polar surface area (TPSA) is 51.7 Å². The number of pyridine rings is 1. The average Bonchev–Trinajstić information content (AvgIpc) is 2.28. The molecule has 18 heavy (non-hydrogen) atoms. The molecule has 0 radical (unpaired) electrons. The Morgan fingerprint density at radius 3 is 2.33 bits per heavy atom. The first kappa shape index (κ1) is 14.3. The minimum Gasteiger partial charge on any atom is -0.493 e.